The standard InChI is InChI=1S/C33H37N5/c1-22-6-4-9-32(38-22)33-30(21-36-16-17-37-33)26-18-24-7-5-15-35-14-3-2-8-27(24)28(20-26)25-11-10-23-12-13-31(34)29(23)19-25/h2,4,6,8-11,18-21,31,35,37H,3,5,7,12-17,34H2,1H3/b8-2-. The summed E-state index contributed by atoms with van der Waals surface area (Å²) in [5.74, 6) is 0. The highest BCUT2D eigenvalue weighted by Crippen LogP contribution is 2.38. The zero-order valence-electron chi connectivity index (χ0n) is 22.3. The first kappa shape index (κ1) is 24.8. The van der Waals surface area contributed by atoms with Crippen LogP contribution >= 0.6 is 0 Å². The summed E-state index contributed by atoms with van der Waals surface area (Å²) in [4.78, 5) is 9.61. The van der Waals surface area contributed by atoms with Crippen LogP contribution in [0, 0.1) is 6.92 Å². The van der Waals surface area contributed by atoms with Crippen molar-refractivity contribution >= 4 is 23.6 Å². The van der Waals surface area contributed by atoms with Gasteiger partial charge in [0.1, 0.15) is 0 Å². The topological polar surface area (TPSA) is 75.3 Å². The van der Waals surface area contributed by atoms with E-state index in [1.807, 2.05) is 19.2 Å². The fraction of sp³-hybridized carbons (Fsp3) is 0.333. The lowest BCUT2D eigenvalue weighted by molar-refractivity contribution is 0.651. The van der Waals surface area contributed by atoms with Gasteiger partial charge in [-0.2, -0.15) is 0 Å². The van der Waals surface area contributed by atoms with E-state index in [1.165, 1.54) is 38.9 Å². The van der Waals surface area contributed by atoms with Crippen LogP contribution in [-0.4, -0.2) is 37.4 Å². The Hall–Kier alpha value is -3.54. The van der Waals surface area contributed by atoms with E-state index in [0.717, 1.165) is 80.9 Å². The predicted molar refractivity (Wildman–Crippen MR) is 159 cm³/mol. The molecule has 3 heterocycles. The van der Waals surface area contributed by atoms with Crippen molar-refractivity contribution in [1.29, 1.82) is 0 Å². The van der Waals surface area contributed by atoms with E-state index in [-0.39, 0.29) is 6.04 Å². The Balaban J connectivity index is 1.58. The average molecular weight is 504 g/mol. The first-order valence-corrected chi connectivity index (χ1v) is 14.0. The molecule has 0 saturated carbocycles. The van der Waals surface area contributed by atoms with Gasteiger partial charge >= 0.3 is 0 Å². The number of aryl methyl sites for hydroxylation is 3. The van der Waals surface area contributed by atoms with Crippen molar-refractivity contribution in [2.45, 2.75) is 45.1 Å². The number of rotatable bonds is 3. The molecule has 194 valence electrons. The Morgan fingerprint density at radius 3 is 2.82 bits per heavy atom. The molecule has 0 amide bonds. The van der Waals surface area contributed by atoms with Crippen molar-refractivity contribution in [3.63, 3.8) is 0 Å². The number of fused-ring (bicyclic) bond motifs is 2. The van der Waals surface area contributed by atoms with Gasteiger partial charge < -0.3 is 16.4 Å². The summed E-state index contributed by atoms with van der Waals surface area (Å²) < 4.78 is 0. The van der Waals surface area contributed by atoms with Gasteiger partial charge in [-0.3, -0.25) is 9.98 Å². The predicted octanol–water partition coefficient (Wildman–Crippen LogP) is 5.48. The molecule has 0 bridgehead atoms. The van der Waals surface area contributed by atoms with Gasteiger partial charge in [0.25, 0.3) is 0 Å². The summed E-state index contributed by atoms with van der Waals surface area (Å²) in [6.07, 6.45) is 12.0. The molecule has 0 saturated heterocycles. The van der Waals surface area contributed by atoms with Crippen LogP contribution in [0.3, 0.4) is 0 Å². The van der Waals surface area contributed by atoms with Crippen LogP contribution < -0.4 is 16.4 Å². The van der Waals surface area contributed by atoms with E-state index in [9.17, 15) is 0 Å². The number of hydrogen-bond acceptors (Lipinski definition) is 5. The van der Waals surface area contributed by atoms with E-state index in [1.54, 1.807) is 0 Å². The largest absolute Gasteiger partial charge is 0.381 e. The second-order valence-corrected chi connectivity index (χ2v) is 10.6. The van der Waals surface area contributed by atoms with Gasteiger partial charge in [0.05, 0.1) is 17.9 Å². The number of pyridine rings is 1. The maximum atomic E-state index is 6.51. The number of nitrogens with one attached hydrogen (secondary N) is 2. The summed E-state index contributed by atoms with van der Waals surface area (Å²) in [5, 5.41) is 7.22. The van der Waals surface area contributed by atoms with E-state index < -0.39 is 0 Å². The summed E-state index contributed by atoms with van der Waals surface area (Å²) >= 11 is 0. The monoisotopic (exact) mass is 503 g/mol. The molecule has 0 spiro atoms. The first-order chi connectivity index (χ1) is 18.7. The molecule has 1 aromatic heterocycles. The van der Waals surface area contributed by atoms with Crippen LogP contribution in [0.25, 0.3) is 28.5 Å². The normalized spacial score (nSPS) is 20.3. The number of allylic oxidation sites excluding steroid dienone is 1. The minimum absolute atomic E-state index is 0.128. The highest BCUT2D eigenvalue weighted by atomic mass is 15.0. The maximum absolute atomic E-state index is 6.51. The third kappa shape index (κ3) is 5.09. The number of nitrogens with two attached hydrogens (primary N) is 1. The lowest BCUT2D eigenvalue weighted by atomic mass is 9.87. The fourth-order valence-corrected chi connectivity index (χ4v) is 5.92. The van der Waals surface area contributed by atoms with E-state index in [0.29, 0.717) is 0 Å². The highest BCUT2D eigenvalue weighted by Gasteiger charge is 2.22. The Bertz CT molecular complexity index is 1430. The molecule has 5 nitrogen and oxygen atoms in total. The molecule has 1 atom stereocenters. The van der Waals surface area contributed by atoms with Crippen LogP contribution in [0.15, 0.2) is 59.6 Å². The van der Waals surface area contributed by atoms with E-state index >= 15 is 0 Å². The molecule has 6 rings (SSSR count). The summed E-state index contributed by atoms with van der Waals surface area (Å²) in [7, 11) is 0. The molecule has 1 aliphatic carbocycles. The third-order valence-corrected chi connectivity index (χ3v) is 7.91. The third-order valence-electron chi connectivity index (χ3n) is 7.91. The molecule has 38 heavy (non-hydrogen) atoms. The number of aromatic nitrogens is 1. The molecule has 3 aromatic rings. The zero-order valence-corrected chi connectivity index (χ0v) is 22.3. The summed E-state index contributed by atoms with van der Waals surface area (Å²) in [6.45, 7) is 5.63. The van der Waals surface area contributed by atoms with Crippen molar-refractivity contribution in [2.24, 2.45) is 10.7 Å². The minimum Gasteiger partial charge on any atom is -0.381 e. The van der Waals surface area contributed by atoms with Crippen LogP contribution in [0.5, 0.6) is 0 Å². The number of benzene rings is 2. The SMILES string of the molecule is Cc1cccc(C2=C(c3cc4c(c(-c5ccc6c(c5)C(N)CC6)c3)/C=C\CCNCCC4)C=NCCN2)n1. The number of nitrogens with zero attached hydrogens (tertiary/aromatic N) is 2. The smallest absolute Gasteiger partial charge is 0.0871 e. The Kier molecular flexibility index (Phi) is 7.21. The van der Waals surface area contributed by atoms with Crippen molar-refractivity contribution in [3.8, 4) is 11.1 Å². The minimum atomic E-state index is 0.128. The van der Waals surface area contributed by atoms with Crippen molar-refractivity contribution < 1.29 is 0 Å². The molecule has 0 fully saturated rings. The molecule has 4 N–H and O–H groups in total. The Morgan fingerprint density at radius 2 is 1.89 bits per heavy atom. The summed E-state index contributed by atoms with van der Waals surface area (Å²) in [5.41, 5.74) is 19.7. The second-order valence-electron chi connectivity index (χ2n) is 10.6. The molecule has 0 radical (unpaired) electrons. The molecule has 1 unspecified atom stereocenters. The van der Waals surface area contributed by atoms with Crippen molar-refractivity contribution in [1.82, 2.24) is 15.6 Å². The van der Waals surface area contributed by atoms with Crippen molar-refractivity contribution in [2.75, 3.05) is 26.2 Å². The van der Waals surface area contributed by atoms with E-state index in [2.05, 4.69) is 65.3 Å². The van der Waals surface area contributed by atoms with Gasteiger partial charge in [0, 0.05) is 30.1 Å². The van der Waals surface area contributed by atoms with Crippen LogP contribution in [0.1, 0.15) is 64.5 Å². The molecule has 5 heteroatoms. The zero-order chi connectivity index (χ0) is 25.9. The van der Waals surface area contributed by atoms with Crippen LogP contribution in [-0.2, 0) is 12.8 Å². The van der Waals surface area contributed by atoms with Gasteiger partial charge in [-0.15, -0.1) is 0 Å². The highest BCUT2D eigenvalue weighted by molar-refractivity contribution is 6.19. The first-order valence-electron chi connectivity index (χ1n) is 14.0. The Morgan fingerprint density at radius 1 is 0.947 bits per heavy atom. The number of hydrogen-bond donors (Lipinski definition) is 3. The molecule has 3 aliphatic rings. The Labute approximate surface area is 226 Å². The van der Waals surface area contributed by atoms with Crippen LogP contribution in [0.2, 0.25) is 0 Å². The summed E-state index contributed by atoms with van der Waals surface area (Å²) in [6, 6.07) is 18.0. The van der Waals surface area contributed by atoms with Gasteiger partial charge in [-0.25, -0.2) is 0 Å². The molecule has 2 aliphatic heterocycles. The molecular weight excluding hydrogens is 466 g/mol. The van der Waals surface area contributed by atoms with Gasteiger partial charge in [0.15, 0.2) is 0 Å². The van der Waals surface area contributed by atoms with Gasteiger partial charge in [-0.05, 0) is 115 Å². The van der Waals surface area contributed by atoms with E-state index in [4.69, 9.17) is 15.7 Å². The lowest BCUT2D eigenvalue weighted by Crippen LogP contribution is -2.18. The lowest BCUT2D eigenvalue weighted by Gasteiger charge is -2.20. The van der Waals surface area contributed by atoms with Gasteiger partial charge in [0.2, 0.25) is 0 Å². The molecule has 2 aromatic carbocycles. The van der Waals surface area contributed by atoms with Crippen LogP contribution in [0.4, 0.5) is 0 Å². The second kappa shape index (κ2) is 11.1. The quantitative estimate of drug-likeness (QED) is 0.442. The van der Waals surface area contributed by atoms with Gasteiger partial charge in [-0.1, -0.05) is 36.4 Å². The van der Waals surface area contributed by atoms with Crippen molar-refractivity contribution in [3.05, 3.63) is 93.8 Å². The average Bonchev–Trinajstić information content (AvgIpc) is 3.14. The maximum Gasteiger partial charge on any atom is 0.0871 e. The molecular formula is C33H37N5. The number of aliphatic imine (C=N–C) groups is 1. The fourth-order valence-electron chi connectivity index (χ4n) is 5.92.